The van der Waals surface area contributed by atoms with Crippen molar-refractivity contribution in [1.82, 2.24) is 9.47 Å². The van der Waals surface area contributed by atoms with Gasteiger partial charge in [0.15, 0.2) is 5.78 Å². The quantitative estimate of drug-likeness (QED) is 0.478. The van der Waals surface area contributed by atoms with Crippen LogP contribution in [0.15, 0.2) is 72.8 Å². The molecule has 5 rings (SSSR count). The van der Waals surface area contributed by atoms with E-state index in [4.69, 9.17) is 0 Å². The third-order valence-electron chi connectivity index (χ3n) is 5.61. The van der Waals surface area contributed by atoms with E-state index in [1.165, 1.54) is 23.7 Å². The number of nitrogens with zero attached hydrogens (tertiary/aromatic N) is 2. The van der Waals surface area contributed by atoms with Gasteiger partial charge in [-0.3, -0.25) is 9.69 Å². The van der Waals surface area contributed by atoms with Crippen molar-refractivity contribution in [3.63, 3.8) is 0 Å². The third-order valence-corrected chi connectivity index (χ3v) is 5.61. The monoisotopic (exact) mass is 354 g/mol. The number of benzene rings is 3. The van der Waals surface area contributed by atoms with Gasteiger partial charge in [0.05, 0.1) is 17.7 Å². The summed E-state index contributed by atoms with van der Waals surface area (Å²) in [6.45, 7) is 3.09. The Morgan fingerprint density at radius 2 is 1.48 bits per heavy atom. The second-order valence-corrected chi connectivity index (χ2v) is 7.31. The van der Waals surface area contributed by atoms with Crippen LogP contribution in [-0.4, -0.2) is 28.3 Å². The summed E-state index contributed by atoms with van der Waals surface area (Å²) in [5.41, 5.74) is 3.78. The average Bonchev–Trinajstić information content (AvgIpc) is 3.35. The predicted octanol–water partition coefficient (Wildman–Crippen LogP) is 5.08. The van der Waals surface area contributed by atoms with Crippen molar-refractivity contribution in [3.05, 3.63) is 83.9 Å². The number of fused-ring (bicyclic) bond motifs is 3. The van der Waals surface area contributed by atoms with Gasteiger partial charge in [-0.15, -0.1) is 0 Å². The van der Waals surface area contributed by atoms with Crippen molar-refractivity contribution < 1.29 is 4.79 Å². The maximum Gasteiger partial charge on any atom is 0.195 e. The van der Waals surface area contributed by atoms with Gasteiger partial charge < -0.3 is 4.57 Å². The van der Waals surface area contributed by atoms with Crippen LogP contribution in [0.2, 0.25) is 0 Å². The highest BCUT2D eigenvalue weighted by atomic mass is 16.1. The van der Waals surface area contributed by atoms with Crippen LogP contribution < -0.4 is 0 Å². The number of hydrogen-bond donors (Lipinski definition) is 0. The SMILES string of the molecule is O=C(c1ccccc1)c1cccc2c3ccccc3n(CN3CCCC3)c12. The summed E-state index contributed by atoms with van der Waals surface area (Å²) < 4.78 is 2.34. The van der Waals surface area contributed by atoms with Gasteiger partial charge in [-0.05, 0) is 38.1 Å². The molecule has 134 valence electrons. The first-order valence-electron chi connectivity index (χ1n) is 9.65. The topological polar surface area (TPSA) is 25.2 Å². The van der Waals surface area contributed by atoms with E-state index in [0.717, 1.165) is 41.8 Å². The molecular weight excluding hydrogens is 332 g/mol. The maximum absolute atomic E-state index is 13.3. The number of para-hydroxylation sites is 2. The van der Waals surface area contributed by atoms with E-state index in [2.05, 4.69) is 39.8 Å². The van der Waals surface area contributed by atoms with Crippen molar-refractivity contribution in [2.24, 2.45) is 0 Å². The Kier molecular flexibility index (Phi) is 4.02. The molecule has 0 bridgehead atoms. The summed E-state index contributed by atoms with van der Waals surface area (Å²) in [5.74, 6) is 0.0895. The van der Waals surface area contributed by atoms with Crippen molar-refractivity contribution >= 4 is 27.6 Å². The van der Waals surface area contributed by atoms with Gasteiger partial charge in [0, 0.05) is 21.9 Å². The number of aromatic nitrogens is 1. The fraction of sp³-hybridized carbons (Fsp3) is 0.208. The van der Waals surface area contributed by atoms with Gasteiger partial charge in [0.25, 0.3) is 0 Å². The summed E-state index contributed by atoms with van der Waals surface area (Å²) in [6, 6.07) is 24.2. The second-order valence-electron chi connectivity index (χ2n) is 7.31. The first kappa shape index (κ1) is 16.3. The summed E-state index contributed by atoms with van der Waals surface area (Å²) in [7, 11) is 0. The van der Waals surface area contributed by atoms with Gasteiger partial charge in [0.1, 0.15) is 0 Å². The van der Waals surface area contributed by atoms with Crippen LogP contribution in [0.25, 0.3) is 21.8 Å². The highest BCUT2D eigenvalue weighted by Crippen LogP contribution is 2.32. The van der Waals surface area contributed by atoms with Gasteiger partial charge in [0.2, 0.25) is 0 Å². The van der Waals surface area contributed by atoms with Crippen LogP contribution in [0.5, 0.6) is 0 Å². The van der Waals surface area contributed by atoms with Crippen LogP contribution in [0.4, 0.5) is 0 Å². The lowest BCUT2D eigenvalue weighted by molar-refractivity contribution is 0.104. The van der Waals surface area contributed by atoms with Crippen LogP contribution >= 0.6 is 0 Å². The number of ketones is 1. The first-order chi connectivity index (χ1) is 13.3. The Balaban J connectivity index is 1.75. The second kappa shape index (κ2) is 6.67. The zero-order valence-corrected chi connectivity index (χ0v) is 15.3. The standard InChI is InChI=1S/C24H22N2O/c27-24(18-9-2-1-3-10-18)21-13-8-12-20-19-11-4-5-14-22(19)26(23(20)21)17-25-15-6-7-16-25/h1-5,8-14H,6-7,15-17H2. The highest BCUT2D eigenvalue weighted by Gasteiger charge is 2.21. The fourth-order valence-electron chi connectivity index (χ4n) is 4.31. The predicted molar refractivity (Wildman–Crippen MR) is 110 cm³/mol. The lowest BCUT2D eigenvalue weighted by Crippen LogP contribution is -2.23. The van der Waals surface area contributed by atoms with Crippen LogP contribution in [0.1, 0.15) is 28.8 Å². The van der Waals surface area contributed by atoms with E-state index in [0.29, 0.717) is 0 Å². The molecule has 0 spiro atoms. The minimum Gasteiger partial charge on any atom is -0.326 e. The molecule has 1 aromatic heterocycles. The molecule has 1 aliphatic heterocycles. The van der Waals surface area contributed by atoms with Gasteiger partial charge >= 0.3 is 0 Å². The van der Waals surface area contributed by atoms with Crippen LogP contribution in [-0.2, 0) is 6.67 Å². The first-order valence-corrected chi connectivity index (χ1v) is 9.65. The van der Waals surface area contributed by atoms with Crippen molar-refractivity contribution in [3.8, 4) is 0 Å². The molecule has 0 unspecified atom stereocenters. The number of carbonyl (C=O) groups excluding carboxylic acids is 1. The third kappa shape index (κ3) is 2.75. The van der Waals surface area contributed by atoms with Gasteiger partial charge in [-0.2, -0.15) is 0 Å². The van der Waals surface area contributed by atoms with Crippen LogP contribution in [0.3, 0.4) is 0 Å². The number of carbonyl (C=O) groups is 1. The Hall–Kier alpha value is -2.91. The zero-order chi connectivity index (χ0) is 18.2. The smallest absolute Gasteiger partial charge is 0.195 e. The number of hydrogen-bond acceptors (Lipinski definition) is 2. The zero-order valence-electron chi connectivity index (χ0n) is 15.3. The maximum atomic E-state index is 13.3. The van der Waals surface area contributed by atoms with Gasteiger partial charge in [-0.1, -0.05) is 60.7 Å². The lowest BCUT2D eigenvalue weighted by atomic mass is 10.0. The fourth-order valence-corrected chi connectivity index (χ4v) is 4.31. The number of likely N-dealkylation sites (tertiary alicyclic amines) is 1. The van der Waals surface area contributed by atoms with E-state index >= 15 is 0 Å². The number of rotatable bonds is 4. The molecule has 0 aliphatic carbocycles. The average molecular weight is 354 g/mol. The van der Waals surface area contributed by atoms with E-state index in [1.54, 1.807) is 0 Å². The molecule has 3 nitrogen and oxygen atoms in total. The molecule has 0 amide bonds. The summed E-state index contributed by atoms with van der Waals surface area (Å²) in [5, 5.41) is 2.38. The normalized spacial score (nSPS) is 15.0. The molecule has 1 aliphatic rings. The van der Waals surface area contributed by atoms with Crippen molar-refractivity contribution in [1.29, 1.82) is 0 Å². The molecule has 27 heavy (non-hydrogen) atoms. The van der Waals surface area contributed by atoms with E-state index < -0.39 is 0 Å². The molecule has 3 aromatic carbocycles. The molecule has 1 fully saturated rings. The van der Waals surface area contributed by atoms with Gasteiger partial charge in [-0.25, -0.2) is 0 Å². The molecule has 3 heteroatoms. The molecule has 0 saturated carbocycles. The van der Waals surface area contributed by atoms with Crippen molar-refractivity contribution in [2.45, 2.75) is 19.5 Å². The lowest BCUT2D eigenvalue weighted by Gasteiger charge is -2.18. The minimum atomic E-state index is 0.0895. The summed E-state index contributed by atoms with van der Waals surface area (Å²) in [6.07, 6.45) is 2.51. The summed E-state index contributed by atoms with van der Waals surface area (Å²) in [4.78, 5) is 15.8. The minimum absolute atomic E-state index is 0.0895. The Bertz CT molecular complexity index is 1120. The van der Waals surface area contributed by atoms with E-state index in [9.17, 15) is 4.79 Å². The molecule has 0 radical (unpaired) electrons. The van der Waals surface area contributed by atoms with E-state index in [-0.39, 0.29) is 5.78 Å². The Labute approximate surface area is 158 Å². The largest absolute Gasteiger partial charge is 0.326 e. The molecule has 2 heterocycles. The molecule has 0 N–H and O–H groups in total. The Morgan fingerprint density at radius 3 is 2.30 bits per heavy atom. The van der Waals surface area contributed by atoms with Crippen LogP contribution in [0, 0.1) is 0 Å². The molecule has 4 aromatic rings. The van der Waals surface area contributed by atoms with E-state index in [1.807, 2.05) is 42.5 Å². The molecular formula is C24H22N2O. The van der Waals surface area contributed by atoms with Crippen molar-refractivity contribution in [2.75, 3.05) is 13.1 Å². The molecule has 1 saturated heterocycles. The Morgan fingerprint density at radius 1 is 0.778 bits per heavy atom. The molecule has 0 atom stereocenters. The summed E-state index contributed by atoms with van der Waals surface area (Å²) >= 11 is 0. The highest BCUT2D eigenvalue weighted by molar-refractivity contribution is 6.20.